The van der Waals surface area contributed by atoms with Crippen LogP contribution in [-0.2, 0) is 13.0 Å². The molecule has 0 amide bonds. The molecule has 0 spiro atoms. The van der Waals surface area contributed by atoms with Gasteiger partial charge in [-0.15, -0.1) is 0 Å². The molecule has 3 heterocycles. The second-order valence-corrected chi connectivity index (χ2v) is 7.30. The first-order valence-corrected chi connectivity index (χ1v) is 9.76. The standard InChI is InChI=1S/C23H26N4/c1-17(26-14-18-8-9-20-15-24-12-10-19(20)13-18)5-2-3-6-21-16-27-23-22(21)7-4-11-25-23/h4,7-13,15-17,26H,2-3,5-6,14H2,1H3,(H,25,27)/t17-/m1/s1. The number of unbranched alkanes of at least 4 members (excludes halogenated alkanes) is 1. The maximum Gasteiger partial charge on any atom is 0.137 e. The smallest absolute Gasteiger partial charge is 0.137 e. The third-order valence-electron chi connectivity index (χ3n) is 5.23. The number of fused-ring (bicyclic) bond motifs is 2. The first kappa shape index (κ1) is 17.7. The van der Waals surface area contributed by atoms with Crippen LogP contribution in [0.3, 0.4) is 0 Å². The third kappa shape index (κ3) is 4.34. The molecule has 0 aliphatic heterocycles. The van der Waals surface area contributed by atoms with Gasteiger partial charge in [-0.1, -0.05) is 18.6 Å². The fraction of sp³-hybridized carbons (Fsp3) is 0.304. The third-order valence-corrected chi connectivity index (χ3v) is 5.23. The average molecular weight is 358 g/mol. The van der Waals surface area contributed by atoms with E-state index in [2.05, 4.69) is 63.7 Å². The Balaban J connectivity index is 1.22. The molecule has 0 fully saturated rings. The second kappa shape index (κ2) is 8.31. The highest BCUT2D eigenvalue weighted by molar-refractivity contribution is 5.82. The Morgan fingerprint density at radius 2 is 2.04 bits per heavy atom. The molecule has 27 heavy (non-hydrogen) atoms. The number of benzene rings is 1. The van der Waals surface area contributed by atoms with Gasteiger partial charge in [0.1, 0.15) is 5.65 Å². The van der Waals surface area contributed by atoms with Crippen LogP contribution in [0, 0.1) is 0 Å². The molecule has 3 aromatic heterocycles. The predicted molar refractivity (Wildman–Crippen MR) is 112 cm³/mol. The lowest BCUT2D eigenvalue weighted by molar-refractivity contribution is 0.489. The number of pyridine rings is 2. The Kier molecular flexibility index (Phi) is 5.45. The van der Waals surface area contributed by atoms with Crippen LogP contribution >= 0.6 is 0 Å². The van der Waals surface area contributed by atoms with E-state index < -0.39 is 0 Å². The molecule has 0 aliphatic carbocycles. The monoisotopic (exact) mass is 358 g/mol. The van der Waals surface area contributed by atoms with E-state index in [4.69, 9.17) is 0 Å². The quantitative estimate of drug-likeness (QED) is 0.436. The SMILES string of the molecule is C[C@H](CCCCc1c[nH]c2ncccc12)NCc1ccc2cnccc2c1. The molecule has 4 rings (SSSR count). The van der Waals surface area contributed by atoms with Crippen LogP contribution < -0.4 is 5.32 Å². The van der Waals surface area contributed by atoms with Crippen molar-refractivity contribution in [3.8, 4) is 0 Å². The van der Waals surface area contributed by atoms with E-state index in [1.54, 1.807) is 0 Å². The maximum absolute atomic E-state index is 4.36. The van der Waals surface area contributed by atoms with Gasteiger partial charge in [0.15, 0.2) is 0 Å². The molecule has 4 nitrogen and oxygen atoms in total. The molecule has 0 saturated carbocycles. The van der Waals surface area contributed by atoms with E-state index in [0.717, 1.165) is 18.6 Å². The molecule has 0 saturated heterocycles. The van der Waals surface area contributed by atoms with Crippen molar-refractivity contribution in [3.63, 3.8) is 0 Å². The van der Waals surface area contributed by atoms with Crippen molar-refractivity contribution in [2.24, 2.45) is 0 Å². The number of nitrogens with one attached hydrogen (secondary N) is 2. The van der Waals surface area contributed by atoms with E-state index >= 15 is 0 Å². The summed E-state index contributed by atoms with van der Waals surface area (Å²) in [5.74, 6) is 0. The lowest BCUT2D eigenvalue weighted by Crippen LogP contribution is -2.25. The molecule has 0 radical (unpaired) electrons. The van der Waals surface area contributed by atoms with Gasteiger partial charge in [0.2, 0.25) is 0 Å². The topological polar surface area (TPSA) is 53.6 Å². The molecule has 4 aromatic rings. The van der Waals surface area contributed by atoms with E-state index in [-0.39, 0.29) is 0 Å². The van der Waals surface area contributed by atoms with Gasteiger partial charge in [0.05, 0.1) is 0 Å². The van der Waals surface area contributed by atoms with Gasteiger partial charge in [0.25, 0.3) is 0 Å². The molecule has 138 valence electrons. The number of nitrogens with zero attached hydrogens (tertiary/aromatic N) is 2. The Labute approximate surface area is 160 Å². The summed E-state index contributed by atoms with van der Waals surface area (Å²) < 4.78 is 0. The Hall–Kier alpha value is -2.72. The molecule has 0 aliphatic rings. The number of hydrogen-bond acceptors (Lipinski definition) is 3. The first-order chi connectivity index (χ1) is 13.3. The first-order valence-electron chi connectivity index (χ1n) is 9.76. The van der Waals surface area contributed by atoms with Crippen molar-refractivity contribution >= 4 is 21.8 Å². The van der Waals surface area contributed by atoms with Gasteiger partial charge < -0.3 is 10.3 Å². The Bertz CT molecular complexity index is 1020. The van der Waals surface area contributed by atoms with Gasteiger partial charge in [-0.25, -0.2) is 4.98 Å². The minimum absolute atomic E-state index is 0.516. The van der Waals surface area contributed by atoms with Crippen molar-refractivity contribution in [3.05, 3.63) is 72.3 Å². The summed E-state index contributed by atoms with van der Waals surface area (Å²) in [5.41, 5.74) is 3.70. The van der Waals surface area contributed by atoms with E-state index in [1.807, 2.05) is 24.7 Å². The van der Waals surface area contributed by atoms with Gasteiger partial charge in [0, 0.05) is 48.1 Å². The van der Waals surface area contributed by atoms with Crippen LogP contribution in [0.25, 0.3) is 21.8 Å². The minimum Gasteiger partial charge on any atom is -0.346 e. The molecule has 1 atom stereocenters. The molecule has 0 bridgehead atoms. The van der Waals surface area contributed by atoms with Crippen LogP contribution in [0.1, 0.15) is 37.3 Å². The highest BCUT2D eigenvalue weighted by Gasteiger charge is 2.06. The van der Waals surface area contributed by atoms with Gasteiger partial charge in [-0.2, -0.15) is 0 Å². The lowest BCUT2D eigenvalue weighted by atomic mass is 10.0. The van der Waals surface area contributed by atoms with Crippen LogP contribution in [-0.4, -0.2) is 21.0 Å². The second-order valence-electron chi connectivity index (χ2n) is 7.30. The number of rotatable bonds is 8. The predicted octanol–water partition coefficient (Wildman–Crippen LogP) is 5.00. The summed E-state index contributed by atoms with van der Waals surface area (Å²) in [6.07, 6.45) is 12.4. The fourth-order valence-corrected chi connectivity index (χ4v) is 3.62. The molecular weight excluding hydrogens is 332 g/mol. The highest BCUT2D eigenvalue weighted by Crippen LogP contribution is 2.18. The Morgan fingerprint density at radius 1 is 1.07 bits per heavy atom. The molecule has 1 aromatic carbocycles. The molecular formula is C23H26N4. The maximum atomic E-state index is 4.36. The highest BCUT2D eigenvalue weighted by atomic mass is 14.9. The van der Waals surface area contributed by atoms with Crippen LogP contribution in [0.15, 0.2) is 61.2 Å². The lowest BCUT2D eigenvalue weighted by Gasteiger charge is -2.14. The largest absolute Gasteiger partial charge is 0.346 e. The number of aromatic nitrogens is 3. The summed E-state index contributed by atoms with van der Waals surface area (Å²) in [5, 5.41) is 7.37. The summed E-state index contributed by atoms with van der Waals surface area (Å²) in [4.78, 5) is 11.8. The number of aryl methyl sites for hydroxylation is 1. The molecule has 4 heteroatoms. The van der Waals surface area contributed by atoms with E-state index in [0.29, 0.717) is 6.04 Å². The van der Waals surface area contributed by atoms with Crippen LogP contribution in [0.2, 0.25) is 0 Å². The average Bonchev–Trinajstić information content (AvgIpc) is 3.13. The summed E-state index contributed by atoms with van der Waals surface area (Å²) in [6.45, 7) is 3.19. The van der Waals surface area contributed by atoms with Crippen molar-refractivity contribution in [2.75, 3.05) is 0 Å². The number of hydrogen-bond donors (Lipinski definition) is 2. The zero-order chi connectivity index (χ0) is 18.5. The van der Waals surface area contributed by atoms with Gasteiger partial charge in [-0.3, -0.25) is 4.98 Å². The minimum atomic E-state index is 0.516. The van der Waals surface area contributed by atoms with Crippen molar-refractivity contribution in [1.82, 2.24) is 20.3 Å². The summed E-state index contributed by atoms with van der Waals surface area (Å²) in [6, 6.07) is 13.3. The van der Waals surface area contributed by atoms with Crippen LogP contribution in [0.4, 0.5) is 0 Å². The van der Waals surface area contributed by atoms with Crippen LogP contribution in [0.5, 0.6) is 0 Å². The normalized spacial score (nSPS) is 12.6. The molecule has 2 N–H and O–H groups in total. The summed E-state index contributed by atoms with van der Waals surface area (Å²) in [7, 11) is 0. The zero-order valence-corrected chi connectivity index (χ0v) is 15.8. The van der Waals surface area contributed by atoms with Gasteiger partial charge in [-0.05, 0) is 67.0 Å². The zero-order valence-electron chi connectivity index (χ0n) is 15.8. The molecule has 0 unspecified atom stereocenters. The Morgan fingerprint density at radius 3 is 3.00 bits per heavy atom. The van der Waals surface area contributed by atoms with E-state index in [9.17, 15) is 0 Å². The van der Waals surface area contributed by atoms with E-state index in [1.165, 1.54) is 46.5 Å². The van der Waals surface area contributed by atoms with Crippen molar-refractivity contribution in [2.45, 2.75) is 45.2 Å². The fourth-order valence-electron chi connectivity index (χ4n) is 3.62. The number of H-pyrrole nitrogens is 1. The number of aromatic amines is 1. The van der Waals surface area contributed by atoms with Crippen molar-refractivity contribution < 1.29 is 0 Å². The summed E-state index contributed by atoms with van der Waals surface area (Å²) >= 11 is 0. The van der Waals surface area contributed by atoms with Crippen molar-refractivity contribution in [1.29, 1.82) is 0 Å². The van der Waals surface area contributed by atoms with Gasteiger partial charge >= 0.3 is 0 Å².